The zero-order valence-corrected chi connectivity index (χ0v) is 8.60. The van der Waals surface area contributed by atoms with E-state index in [-0.39, 0.29) is 6.10 Å². The van der Waals surface area contributed by atoms with E-state index in [1.807, 2.05) is 19.1 Å². The first-order chi connectivity index (χ1) is 6.72. The molecule has 2 rings (SSSR count). The van der Waals surface area contributed by atoms with Crippen LogP contribution in [0.15, 0.2) is 24.3 Å². The van der Waals surface area contributed by atoms with Crippen molar-refractivity contribution < 1.29 is 9.84 Å². The normalized spacial score (nSPS) is 27.1. The molecule has 1 saturated carbocycles. The predicted molar refractivity (Wildman–Crippen MR) is 55.5 cm³/mol. The van der Waals surface area contributed by atoms with Crippen LogP contribution >= 0.6 is 0 Å². The van der Waals surface area contributed by atoms with Gasteiger partial charge in [-0.2, -0.15) is 0 Å². The fraction of sp³-hybridized carbons (Fsp3) is 0.500. The van der Waals surface area contributed by atoms with Crippen molar-refractivity contribution in [1.82, 2.24) is 0 Å². The van der Waals surface area contributed by atoms with Crippen LogP contribution in [-0.4, -0.2) is 18.3 Å². The molecule has 76 valence electrons. The molecule has 3 atom stereocenters. The first kappa shape index (κ1) is 9.53. The lowest BCUT2D eigenvalue weighted by molar-refractivity contribution is 0.169. The van der Waals surface area contributed by atoms with Gasteiger partial charge in [-0.15, -0.1) is 0 Å². The minimum atomic E-state index is -0.189. The van der Waals surface area contributed by atoms with Crippen LogP contribution in [0.5, 0.6) is 5.75 Å². The first-order valence-corrected chi connectivity index (χ1v) is 5.04. The SMILES string of the molecule is COc1cccc([C@@H]2C[C@H]2[C@@H](C)O)c1. The molecular weight excluding hydrogens is 176 g/mol. The Morgan fingerprint density at radius 2 is 2.29 bits per heavy atom. The van der Waals surface area contributed by atoms with Crippen LogP contribution in [0.25, 0.3) is 0 Å². The molecule has 1 aromatic carbocycles. The van der Waals surface area contributed by atoms with Crippen molar-refractivity contribution in [2.45, 2.75) is 25.4 Å². The standard InChI is InChI=1S/C12H16O2/c1-8(13)11-7-12(11)9-4-3-5-10(6-9)14-2/h3-6,8,11-13H,7H2,1-2H3/t8-,11+,12+/m1/s1. The molecule has 2 nitrogen and oxygen atoms in total. The van der Waals surface area contributed by atoms with Crippen molar-refractivity contribution in [3.8, 4) is 5.75 Å². The van der Waals surface area contributed by atoms with Crippen molar-refractivity contribution in [1.29, 1.82) is 0 Å². The summed E-state index contributed by atoms with van der Waals surface area (Å²) in [4.78, 5) is 0. The summed E-state index contributed by atoms with van der Waals surface area (Å²) in [6, 6.07) is 8.12. The molecule has 0 saturated heterocycles. The molecule has 0 spiro atoms. The summed E-state index contributed by atoms with van der Waals surface area (Å²) >= 11 is 0. The topological polar surface area (TPSA) is 29.5 Å². The van der Waals surface area contributed by atoms with Crippen molar-refractivity contribution in [3.63, 3.8) is 0 Å². The van der Waals surface area contributed by atoms with Gasteiger partial charge < -0.3 is 9.84 Å². The predicted octanol–water partition coefficient (Wildman–Crippen LogP) is 2.18. The Morgan fingerprint density at radius 3 is 2.86 bits per heavy atom. The Morgan fingerprint density at radius 1 is 1.50 bits per heavy atom. The van der Waals surface area contributed by atoms with Gasteiger partial charge in [-0.05, 0) is 42.9 Å². The number of hydrogen-bond donors (Lipinski definition) is 1. The van der Waals surface area contributed by atoms with Crippen molar-refractivity contribution in [3.05, 3.63) is 29.8 Å². The largest absolute Gasteiger partial charge is 0.497 e. The molecule has 0 heterocycles. The smallest absolute Gasteiger partial charge is 0.119 e. The highest BCUT2D eigenvalue weighted by molar-refractivity contribution is 5.34. The van der Waals surface area contributed by atoms with Gasteiger partial charge in [0.25, 0.3) is 0 Å². The lowest BCUT2D eigenvalue weighted by atomic mass is 10.1. The van der Waals surface area contributed by atoms with Gasteiger partial charge >= 0.3 is 0 Å². The molecule has 0 radical (unpaired) electrons. The number of aliphatic hydroxyl groups is 1. The molecule has 0 bridgehead atoms. The van der Waals surface area contributed by atoms with E-state index in [2.05, 4.69) is 12.1 Å². The Kier molecular flexibility index (Phi) is 2.46. The minimum Gasteiger partial charge on any atom is -0.497 e. The summed E-state index contributed by atoms with van der Waals surface area (Å²) in [7, 11) is 1.68. The Balaban J connectivity index is 2.11. The summed E-state index contributed by atoms with van der Waals surface area (Å²) in [5, 5.41) is 9.42. The van der Waals surface area contributed by atoms with Crippen LogP contribution in [0, 0.1) is 5.92 Å². The highest BCUT2D eigenvalue weighted by Gasteiger charge is 2.41. The number of benzene rings is 1. The molecule has 1 aliphatic rings. The third-order valence-corrected chi connectivity index (χ3v) is 2.98. The number of ether oxygens (including phenoxy) is 1. The summed E-state index contributed by atoms with van der Waals surface area (Å²) < 4.78 is 5.17. The minimum absolute atomic E-state index is 0.189. The maximum Gasteiger partial charge on any atom is 0.119 e. The monoisotopic (exact) mass is 192 g/mol. The van der Waals surface area contributed by atoms with Gasteiger partial charge in [0.2, 0.25) is 0 Å². The average molecular weight is 192 g/mol. The molecule has 0 aromatic heterocycles. The van der Waals surface area contributed by atoms with E-state index in [0.717, 1.165) is 12.2 Å². The first-order valence-electron chi connectivity index (χ1n) is 5.04. The molecule has 1 fully saturated rings. The summed E-state index contributed by atoms with van der Waals surface area (Å²) in [5.74, 6) is 1.88. The molecular formula is C12H16O2. The van der Waals surface area contributed by atoms with E-state index in [1.165, 1.54) is 5.56 Å². The maximum absolute atomic E-state index is 9.42. The van der Waals surface area contributed by atoms with E-state index < -0.39 is 0 Å². The van der Waals surface area contributed by atoms with E-state index in [1.54, 1.807) is 7.11 Å². The molecule has 2 heteroatoms. The van der Waals surface area contributed by atoms with Gasteiger partial charge in [0.15, 0.2) is 0 Å². The quantitative estimate of drug-likeness (QED) is 0.795. The third-order valence-electron chi connectivity index (χ3n) is 2.98. The number of methoxy groups -OCH3 is 1. The number of rotatable bonds is 3. The van der Waals surface area contributed by atoms with E-state index in [0.29, 0.717) is 11.8 Å². The summed E-state index contributed by atoms with van der Waals surface area (Å²) in [6.07, 6.45) is 0.913. The van der Waals surface area contributed by atoms with Crippen LogP contribution in [-0.2, 0) is 0 Å². The van der Waals surface area contributed by atoms with Gasteiger partial charge in [-0.25, -0.2) is 0 Å². The van der Waals surface area contributed by atoms with Crippen LogP contribution in [0.1, 0.15) is 24.8 Å². The highest BCUT2D eigenvalue weighted by atomic mass is 16.5. The maximum atomic E-state index is 9.42. The molecule has 14 heavy (non-hydrogen) atoms. The Hall–Kier alpha value is -1.02. The molecule has 0 unspecified atom stereocenters. The average Bonchev–Trinajstić information content (AvgIpc) is 2.97. The zero-order chi connectivity index (χ0) is 10.1. The summed E-state index contributed by atoms with van der Waals surface area (Å²) in [6.45, 7) is 1.87. The van der Waals surface area contributed by atoms with Gasteiger partial charge in [-0.3, -0.25) is 0 Å². The van der Waals surface area contributed by atoms with E-state index in [9.17, 15) is 5.11 Å². The van der Waals surface area contributed by atoms with Crippen LogP contribution < -0.4 is 4.74 Å². The van der Waals surface area contributed by atoms with Crippen LogP contribution in [0.2, 0.25) is 0 Å². The van der Waals surface area contributed by atoms with Gasteiger partial charge in [0, 0.05) is 0 Å². The van der Waals surface area contributed by atoms with Gasteiger partial charge in [0.1, 0.15) is 5.75 Å². The summed E-state index contributed by atoms with van der Waals surface area (Å²) in [5.41, 5.74) is 1.29. The second-order valence-electron chi connectivity index (χ2n) is 4.02. The van der Waals surface area contributed by atoms with Crippen molar-refractivity contribution in [2.24, 2.45) is 5.92 Å². The lowest BCUT2D eigenvalue weighted by Gasteiger charge is -2.05. The van der Waals surface area contributed by atoms with Crippen LogP contribution in [0.4, 0.5) is 0 Å². The highest BCUT2D eigenvalue weighted by Crippen LogP contribution is 2.49. The molecule has 1 N–H and O–H groups in total. The van der Waals surface area contributed by atoms with Crippen LogP contribution in [0.3, 0.4) is 0 Å². The van der Waals surface area contributed by atoms with E-state index in [4.69, 9.17) is 4.74 Å². The van der Waals surface area contributed by atoms with Gasteiger partial charge in [0.05, 0.1) is 13.2 Å². The second-order valence-corrected chi connectivity index (χ2v) is 4.02. The molecule has 0 aliphatic heterocycles. The van der Waals surface area contributed by atoms with Gasteiger partial charge in [-0.1, -0.05) is 12.1 Å². The second kappa shape index (κ2) is 3.62. The number of hydrogen-bond acceptors (Lipinski definition) is 2. The fourth-order valence-corrected chi connectivity index (χ4v) is 2.00. The lowest BCUT2D eigenvalue weighted by Crippen LogP contribution is -2.03. The van der Waals surface area contributed by atoms with Crippen molar-refractivity contribution in [2.75, 3.05) is 7.11 Å². The fourth-order valence-electron chi connectivity index (χ4n) is 2.00. The zero-order valence-electron chi connectivity index (χ0n) is 8.60. The Labute approximate surface area is 84.5 Å². The third kappa shape index (κ3) is 1.75. The number of aliphatic hydroxyl groups excluding tert-OH is 1. The Bertz CT molecular complexity index is 320. The van der Waals surface area contributed by atoms with E-state index >= 15 is 0 Å². The molecule has 1 aromatic rings. The van der Waals surface area contributed by atoms with Crippen molar-refractivity contribution >= 4 is 0 Å². The molecule has 0 amide bonds. The molecule has 1 aliphatic carbocycles.